The van der Waals surface area contributed by atoms with Crippen LogP contribution in [0.3, 0.4) is 0 Å². The number of nitrogens with one attached hydrogen (secondary N) is 1. The molecule has 2 aromatic carbocycles. The molecule has 2 aromatic rings. The minimum Gasteiger partial charge on any atom is -0.325 e. The van der Waals surface area contributed by atoms with Crippen LogP contribution in [0.15, 0.2) is 42.5 Å². The molecular weight excluding hydrogens is 336 g/mol. The summed E-state index contributed by atoms with van der Waals surface area (Å²) in [5.41, 5.74) is 4.87. The Kier molecular flexibility index (Phi) is 5.09. The summed E-state index contributed by atoms with van der Waals surface area (Å²) in [6, 6.07) is 13.9. The van der Waals surface area contributed by atoms with Gasteiger partial charge >= 0.3 is 0 Å². The fourth-order valence-corrected chi connectivity index (χ4v) is 3.70. The maximum absolute atomic E-state index is 12.8. The van der Waals surface area contributed by atoms with Gasteiger partial charge in [0, 0.05) is 24.3 Å². The first-order valence-electron chi connectivity index (χ1n) is 9.45. The van der Waals surface area contributed by atoms with Crippen LogP contribution in [0, 0.1) is 19.8 Å². The van der Waals surface area contributed by atoms with Gasteiger partial charge in [-0.3, -0.25) is 9.59 Å². The third-order valence-corrected chi connectivity index (χ3v) is 5.23. The van der Waals surface area contributed by atoms with Crippen molar-refractivity contribution in [3.63, 3.8) is 0 Å². The molecule has 1 atom stereocenters. The number of anilines is 2. The zero-order valence-corrected chi connectivity index (χ0v) is 16.8. The fraction of sp³-hybridized carbons (Fsp3) is 0.391. The van der Waals surface area contributed by atoms with Gasteiger partial charge in [0.2, 0.25) is 11.8 Å². The Hall–Kier alpha value is -2.62. The predicted molar refractivity (Wildman–Crippen MR) is 110 cm³/mol. The molecule has 4 nitrogen and oxygen atoms in total. The molecule has 0 saturated carbocycles. The van der Waals surface area contributed by atoms with Crippen LogP contribution in [0.4, 0.5) is 11.4 Å². The first-order valence-corrected chi connectivity index (χ1v) is 9.45. The highest BCUT2D eigenvalue weighted by Crippen LogP contribution is 2.35. The van der Waals surface area contributed by atoms with Crippen molar-refractivity contribution < 1.29 is 9.59 Å². The molecular formula is C23H28N2O2. The van der Waals surface area contributed by atoms with Crippen LogP contribution in [0.25, 0.3) is 0 Å². The molecule has 4 heteroatoms. The highest BCUT2D eigenvalue weighted by molar-refractivity contribution is 6.04. The lowest BCUT2D eigenvalue weighted by Crippen LogP contribution is -2.30. The third-order valence-electron chi connectivity index (χ3n) is 5.23. The van der Waals surface area contributed by atoms with E-state index in [1.807, 2.05) is 50.2 Å². The van der Waals surface area contributed by atoms with Crippen molar-refractivity contribution in [1.82, 2.24) is 0 Å². The molecule has 142 valence electrons. The van der Waals surface area contributed by atoms with Crippen molar-refractivity contribution in [3.05, 3.63) is 59.2 Å². The number of aryl methyl sites for hydroxylation is 2. The minimum absolute atomic E-state index is 0.00774. The summed E-state index contributed by atoms with van der Waals surface area (Å²) in [5.74, 6) is -0.422. The standard InChI is InChI=1S/C23H28N2O2/c1-15-9-8-10-16(2)21(15)24-22(27)17-13-20(26)25(14-17)19-12-7-6-11-18(19)23(3,4)5/h6-12,17H,13-14H2,1-5H3,(H,24,27). The Balaban J connectivity index is 1.81. The van der Waals surface area contributed by atoms with Crippen molar-refractivity contribution in [2.24, 2.45) is 5.92 Å². The van der Waals surface area contributed by atoms with Gasteiger partial charge in [0.25, 0.3) is 0 Å². The van der Waals surface area contributed by atoms with Crippen molar-refractivity contribution in [2.45, 2.75) is 46.5 Å². The average molecular weight is 364 g/mol. The quantitative estimate of drug-likeness (QED) is 0.866. The van der Waals surface area contributed by atoms with Gasteiger partial charge in [0.05, 0.1) is 5.92 Å². The Morgan fingerprint density at radius 1 is 1.04 bits per heavy atom. The SMILES string of the molecule is Cc1cccc(C)c1NC(=O)C1CC(=O)N(c2ccccc2C(C)(C)C)C1. The zero-order chi connectivity index (χ0) is 19.8. The van der Waals surface area contributed by atoms with Crippen LogP contribution in [-0.4, -0.2) is 18.4 Å². The van der Waals surface area contributed by atoms with E-state index >= 15 is 0 Å². The lowest BCUT2D eigenvalue weighted by molar-refractivity contribution is -0.122. The molecule has 1 N–H and O–H groups in total. The van der Waals surface area contributed by atoms with E-state index in [-0.39, 0.29) is 29.6 Å². The van der Waals surface area contributed by atoms with Crippen molar-refractivity contribution >= 4 is 23.2 Å². The third kappa shape index (κ3) is 3.90. The zero-order valence-electron chi connectivity index (χ0n) is 16.8. The molecule has 0 radical (unpaired) electrons. The lowest BCUT2D eigenvalue weighted by atomic mass is 9.85. The van der Waals surface area contributed by atoms with E-state index in [4.69, 9.17) is 0 Å². The number of para-hydroxylation sites is 2. The highest BCUT2D eigenvalue weighted by atomic mass is 16.2. The normalized spacial score (nSPS) is 17.3. The molecule has 27 heavy (non-hydrogen) atoms. The van der Waals surface area contributed by atoms with Crippen LogP contribution in [0.5, 0.6) is 0 Å². The maximum atomic E-state index is 12.8. The van der Waals surface area contributed by atoms with E-state index in [0.29, 0.717) is 6.54 Å². The van der Waals surface area contributed by atoms with Crippen LogP contribution in [0.1, 0.15) is 43.9 Å². The maximum Gasteiger partial charge on any atom is 0.229 e. The molecule has 1 unspecified atom stereocenters. The lowest BCUT2D eigenvalue weighted by Gasteiger charge is -2.27. The summed E-state index contributed by atoms with van der Waals surface area (Å²) in [6.45, 7) is 10.8. The fourth-order valence-electron chi connectivity index (χ4n) is 3.70. The summed E-state index contributed by atoms with van der Waals surface area (Å²) in [4.78, 5) is 27.3. The monoisotopic (exact) mass is 364 g/mol. The van der Waals surface area contributed by atoms with E-state index in [2.05, 4.69) is 32.2 Å². The molecule has 1 aliphatic rings. The number of hydrogen-bond donors (Lipinski definition) is 1. The minimum atomic E-state index is -0.343. The summed E-state index contributed by atoms with van der Waals surface area (Å²) < 4.78 is 0. The molecule has 1 saturated heterocycles. The average Bonchev–Trinajstić information content (AvgIpc) is 2.99. The van der Waals surface area contributed by atoms with Gasteiger partial charge in [0.1, 0.15) is 0 Å². The molecule has 1 heterocycles. The number of benzene rings is 2. The van der Waals surface area contributed by atoms with Gasteiger partial charge in [-0.2, -0.15) is 0 Å². The molecule has 0 aliphatic carbocycles. The van der Waals surface area contributed by atoms with Crippen LogP contribution in [-0.2, 0) is 15.0 Å². The molecule has 0 aromatic heterocycles. The predicted octanol–water partition coefficient (Wildman–Crippen LogP) is 4.59. The second kappa shape index (κ2) is 7.18. The van der Waals surface area contributed by atoms with Gasteiger partial charge in [0.15, 0.2) is 0 Å². The smallest absolute Gasteiger partial charge is 0.229 e. The molecule has 0 spiro atoms. The summed E-state index contributed by atoms with van der Waals surface area (Å²) in [7, 11) is 0. The topological polar surface area (TPSA) is 49.4 Å². The van der Waals surface area contributed by atoms with Gasteiger partial charge in [-0.15, -0.1) is 0 Å². The number of nitrogens with zero attached hydrogens (tertiary/aromatic N) is 1. The molecule has 0 bridgehead atoms. The van der Waals surface area contributed by atoms with E-state index in [1.165, 1.54) is 0 Å². The van der Waals surface area contributed by atoms with Gasteiger partial charge in [-0.05, 0) is 42.0 Å². The first kappa shape index (κ1) is 19.2. The number of amides is 2. The number of carbonyl (C=O) groups is 2. The number of hydrogen-bond acceptors (Lipinski definition) is 2. The van der Waals surface area contributed by atoms with E-state index in [1.54, 1.807) is 4.90 Å². The summed E-state index contributed by atoms with van der Waals surface area (Å²) >= 11 is 0. The van der Waals surface area contributed by atoms with Crippen LogP contribution in [0.2, 0.25) is 0 Å². The van der Waals surface area contributed by atoms with E-state index in [0.717, 1.165) is 28.1 Å². The Morgan fingerprint density at radius 3 is 2.30 bits per heavy atom. The summed E-state index contributed by atoms with van der Waals surface area (Å²) in [5, 5.41) is 3.04. The van der Waals surface area contributed by atoms with Crippen LogP contribution < -0.4 is 10.2 Å². The van der Waals surface area contributed by atoms with Gasteiger partial charge < -0.3 is 10.2 Å². The Bertz CT molecular complexity index is 860. The van der Waals surface area contributed by atoms with Crippen molar-refractivity contribution in [3.8, 4) is 0 Å². The molecule has 1 fully saturated rings. The van der Waals surface area contributed by atoms with Crippen molar-refractivity contribution in [2.75, 3.05) is 16.8 Å². The van der Waals surface area contributed by atoms with Gasteiger partial charge in [-0.1, -0.05) is 57.2 Å². The van der Waals surface area contributed by atoms with Crippen molar-refractivity contribution in [1.29, 1.82) is 0 Å². The molecule has 1 aliphatic heterocycles. The second-order valence-corrected chi connectivity index (χ2v) is 8.43. The van der Waals surface area contributed by atoms with Crippen LogP contribution >= 0.6 is 0 Å². The van der Waals surface area contributed by atoms with E-state index < -0.39 is 0 Å². The number of rotatable bonds is 3. The Morgan fingerprint density at radius 2 is 1.67 bits per heavy atom. The summed E-state index contributed by atoms with van der Waals surface area (Å²) in [6.07, 6.45) is 0.245. The first-order chi connectivity index (χ1) is 12.7. The largest absolute Gasteiger partial charge is 0.325 e. The second-order valence-electron chi connectivity index (χ2n) is 8.43. The van der Waals surface area contributed by atoms with E-state index in [9.17, 15) is 9.59 Å². The molecule has 2 amide bonds. The molecule has 3 rings (SSSR count). The highest BCUT2D eigenvalue weighted by Gasteiger charge is 2.37. The number of carbonyl (C=O) groups excluding carboxylic acids is 2. The van der Waals surface area contributed by atoms with Gasteiger partial charge in [-0.25, -0.2) is 0 Å². The Labute approximate surface area is 161 Å².